The molecule has 0 aromatic carbocycles. The molecule has 1 aliphatic heterocycles. The summed E-state index contributed by atoms with van der Waals surface area (Å²) < 4.78 is 5.04. The van der Waals surface area contributed by atoms with Crippen molar-refractivity contribution in [2.75, 3.05) is 32.8 Å². The summed E-state index contributed by atoms with van der Waals surface area (Å²) in [6, 6.07) is 0.640. The molecule has 1 saturated carbocycles. The summed E-state index contributed by atoms with van der Waals surface area (Å²) >= 11 is 0. The van der Waals surface area contributed by atoms with Crippen LogP contribution in [0.5, 0.6) is 0 Å². The third-order valence-electron chi connectivity index (χ3n) is 3.59. The summed E-state index contributed by atoms with van der Waals surface area (Å²) in [6.07, 6.45) is 5.06. The SMILES string of the molecule is CCOC(=O)CN(CC1CCCNC1)C1CC1.Cl. The number of hydrogen-bond donors (Lipinski definition) is 1. The van der Waals surface area contributed by atoms with E-state index in [-0.39, 0.29) is 18.4 Å². The fourth-order valence-corrected chi connectivity index (χ4v) is 2.57. The molecule has 0 bridgehead atoms. The van der Waals surface area contributed by atoms with E-state index in [2.05, 4.69) is 10.2 Å². The van der Waals surface area contributed by atoms with Crippen LogP contribution in [-0.4, -0.2) is 49.7 Å². The maximum Gasteiger partial charge on any atom is 0.320 e. The molecule has 2 fully saturated rings. The molecular formula is C13H25ClN2O2. The van der Waals surface area contributed by atoms with Gasteiger partial charge in [0.2, 0.25) is 0 Å². The van der Waals surface area contributed by atoms with Gasteiger partial charge in [-0.15, -0.1) is 12.4 Å². The first-order valence-electron chi connectivity index (χ1n) is 6.90. The first-order chi connectivity index (χ1) is 8.29. The Hall–Kier alpha value is -0.320. The molecule has 1 N–H and O–H groups in total. The molecule has 0 amide bonds. The molecule has 1 atom stereocenters. The van der Waals surface area contributed by atoms with Crippen LogP contribution >= 0.6 is 12.4 Å². The summed E-state index contributed by atoms with van der Waals surface area (Å²) in [5.74, 6) is 0.641. The van der Waals surface area contributed by atoms with Gasteiger partial charge in [0.05, 0.1) is 13.2 Å². The second-order valence-corrected chi connectivity index (χ2v) is 5.18. The van der Waals surface area contributed by atoms with E-state index < -0.39 is 0 Å². The van der Waals surface area contributed by atoms with Gasteiger partial charge in [0, 0.05) is 12.6 Å². The number of ether oxygens (including phenoxy) is 1. The Morgan fingerprint density at radius 1 is 1.39 bits per heavy atom. The number of rotatable bonds is 6. The molecular weight excluding hydrogens is 252 g/mol. The smallest absolute Gasteiger partial charge is 0.320 e. The molecule has 1 unspecified atom stereocenters. The number of nitrogens with one attached hydrogen (secondary N) is 1. The summed E-state index contributed by atoms with van der Waals surface area (Å²) in [5.41, 5.74) is 0. The lowest BCUT2D eigenvalue weighted by atomic mass is 9.99. The van der Waals surface area contributed by atoms with Crippen LogP contribution in [0.25, 0.3) is 0 Å². The van der Waals surface area contributed by atoms with Gasteiger partial charge in [-0.2, -0.15) is 0 Å². The lowest BCUT2D eigenvalue weighted by Gasteiger charge is -2.29. The van der Waals surface area contributed by atoms with Crippen molar-refractivity contribution < 1.29 is 9.53 Å². The van der Waals surface area contributed by atoms with E-state index in [0.29, 0.717) is 25.1 Å². The van der Waals surface area contributed by atoms with E-state index in [1.54, 1.807) is 0 Å². The van der Waals surface area contributed by atoms with Gasteiger partial charge in [0.1, 0.15) is 0 Å². The molecule has 4 nitrogen and oxygen atoms in total. The van der Waals surface area contributed by atoms with Crippen LogP contribution in [0.4, 0.5) is 0 Å². The minimum Gasteiger partial charge on any atom is -0.465 e. The zero-order chi connectivity index (χ0) is 12.1. The largest absolute Gasteiger partial charge is 0.465 e. The van der Waals surface area contributed by atoms with Gasteiger partial charge in [-0.05, 0) is 51.6 Å². The molecule has 0 spiro atoms. The highest BCUT2D eigenvalue weighted by atomic mass is 35.5. The van der Waals surface area contributed by atoms with Gasteiger partial charge in [0.25, 0.3) is 0 Å². The van der Waals surface area contributed by atoms with Crippen LogP contribution < -0.4 is 5.32 Å². The molecule has 2 aliphatic rings. The van der Waals surface area contributed by atoms with Crippen LogP contribution in [0, 0.1) is 5.92 Å². The van der Waals surface area contributed by atoms with E-state index in [4.69, 9.17) is 4.74 Å². The van der Waals surface area contributed by atoms with E-state index in [1.165, 1.54) is 25.7 Å². The summed E-state index contributed by atoms with van der Waals surface area (Å²) in [7, 11) is 0. The normalized spacial score (nSPS) is 23.6. The third kappa shape index (κ3) is 5.12. The Morgan fingerprint density at radius 3 is 2.72 bits per heavy atom. The van der Waals surface area contributed by atoms with Gasteiger partial charge in [-0.25, -0.2) is 0 Å². The fraction of sp³-hybridized carbons (Fsp3) is 0.923. The lowest BCUT2D eigenvalue weighted by molar-refractivity contribution is -0.144. The quantitative estimate of drug-likeness (QED) is 0.746. The molecule has 1 saturated heterocycles. The Bertz CT molecular complexity index is 253. The van der Waals surface area contributed by atoms with Crippen molar-refractivity contribution in [3.8, 4) is 0 Å². The number of carbonyl (C=O) groups is 1. The molecule has 0 aromatic rings. The number of piperidine rings is 1. The predicted molar refractivity (Wildman–Crippen MR) is 74.1 cm³/mol. The summed E-state index contributed by atoms with van der Waals surface area (Å²) in [4.78, 5) is 13.9. The average molecular weight is 277 g/mol. The van der Waals surface area contributed by atoms with Crippen molar-refractivity contribution >= 4 is 18.4 Å². The highest BCUT2D eigenvalue weighted by Crippen LogP contribution is 2.28. The van der Waals surface area contributed by atoms with Crippen molar-refractivity contribution in [3.05, 3.63) is 0 Å². The second kappa shape index (κ2) is 7.97. The molecule has 0 aromatic heterocycles. The van der Waals surface area contributed by atoms with E-state index in [0.717, 1.165) is 19.6 Å². The van der Waals surface area contributed by atoms with Gasteiger partial charge >= 0.3 is 5.97 Å². The standard InChI is InChI=1S/C13H24N2O2.ClH/c1-2-17-13(16)10-15(12-5-6-12)9-11-4-3-7-14-8-11;/h11-12,14H,2-10H2,1H3;1H. The van der Waals surface area contributed by atoms with E-state index in [9.17, 15) is 4.79 Å². The molecule has 18 heavy (non-hydrogen) atoms. The number of hydrogen-bond acceptors (Lipinski definition) is 4. The van der Waals surface area contributed by atoms with Crippen molar-refractivity contribution in [1.29, 1.82) is 0 Å². The lowest BCUT2D eigenvalue weighted by Crippen LogP contribution is -2.41. The second-order valence-electron chi connectivity index (χ2n) is 5.18. The van der Waals surface area contributed by atoms with Gasteiger partial charge in [0.15, 0.2) is 0 Å². The van der Waals surface area contributed by atoms with Crippen molar-refractivity contribution in [1.82, 2.24) is 10.2 Å². The van der Waals surface area contributed by atoms with Crippen LogP contribution in [0.3, 0.4) is 0 Å². The van der Waals surface area contributed by atoms with Crippen LogP contribution in [0.1, 0.15) is 32.6 Å². The summed E-state index contributed by atoms with van der Waals surface area (Å²) in [6.45, 7) is 6.14. The number of carbonyl (C=O) groups excluding carboxylic acids is 1. The molecule has 1 aliphatic carbocycles. The van der Waals surface area contributed by atoms with Crippen molar-refractivity contribution in [2.45, 2.75) is 38.6 Å². The molecule has 106 valence electrons. The maximum atomic E-state index is 11.5. The summed E-state index contributed by atoms with van der Waals surface area (Å²) in [5, 5.41) is 3.44. The molecule has 5 heteroatoms. The highest BCUT2D eigenvalue weighted by Gasteiger charge is 2.32. The highest BCUT2D eigenvalue weighted by molar-refractivity contribution is 5.85. The van der Waals surface area contributed by atoms with Crippen molar-refractivity contribution in [3.63, 3.8) is 0 Å². The van der Waals surface area contributed by atoms with E-state index >= 15 is 0 Å². The van der Waals surface area contributed by atoms with Gasteiger partial charge in [-0.3, -0.25) is 9.69 Å². The number of esters is 1. The Labute approximate surface area is 116 Å². The first kappa shape index (κ1) is 15.7. The zero-order valence-corrected chi connectivity index (χ0v) is 12.0. The Balaban J connectivity index is 0.00000162. The minimum atomic E-state index is -0.0665. The maximum absolute atomic E-state index is 11.5. The topological polar surface area (TPSA) is 41.6 Å². The monoisotopic (exact) mass is 276 g/mol. The molecule has 0 radical (unpaired) electrons. The average Bonchev–Trinajstić information content (AvgIpc) is 3.14. The zero-order valence-electron chi connectivity index (χ0n) is 11.2. The van der Waals surface area contributed by atoms with Crippen molar-refractivity contribution in [2.24, 2.45) is 5.92 Å². The minimum absolute atomic E-state index is 0. The Morgan fingerprint density at radius 2 is 2.17 bits per heavy atom. The number of halogens is 1. The third-order valence-corrected chi connectivity index (χ3v) is 3.59. The van der Waals surface area contributed by atoms with Crippen LogP contribution in [0.2, 0.25) is 0 Å². The van der Waals surface area contributed by atoms with Gasteiger partial charge in [-0.1, -0.05) is 0 Å². The molecule has 2 rings (SSSR count). The number of nitrogens with zero attached hydrogens (tertiary/aromatic N) is 1. The first-order valence-corrected chi connectivity index (χ1v) is 6.90. The fourth-order valence-electron chi connectivity index (χ4n) is 2.57. The Kier molecular flexibility index (Phi) is 6.97. The van der Waals surface area contributed by atoms with Crippen LogP contribution in [-0.2, 0) is 9.53 Å². The van der Waals surface area contributed by atoms with E-state index in [1.807, 2.05) is 6.92 Å². The predicted octanol–water partition coefficient (Wildman–Crippen LogP) is 1.44. The van der Waals surface area contributed by atoms with Crippen LogP contribution in [0.15, 0.2) is 0 Å². The molecule has 1 heterocycles. The van der Waals surface area contributed by atoms with Gasteiger partial charge < -0.3 is 10.1 Å².